The van der Waals surface area contributed by atoms with Gasteiger partial charge in [0.15, 0.2) is 5.96 Å². The Balaban J connectivity index is 0.00000289. The number of nitrogens with zero attached hydrogens (tertiary/aromatic N) is 2. The van der Waals surface area contributed by atoms with E-state index in [4.69, 9.17) is 0 Å². The van der Waals surface area contributed by atoms with Crippen LogP contribution in [0, 0.1) is 12.8 Å². The van der Waals surface area contributed by atoms with Gasteiger partial charge < -0.3 is 10.6 Å². The SMILES string of the molecule is CCNC(=NCc1scnc1C)NCC(C)C.I. The predicted octanol–water partition coefficient (Wildman–Crippen LogP) is 2.78. The maximum absolute atomic E-state index is 4.55. The molecule has 0 bridgehead atoms. The van der Waals surface area contributed by atoms with E-state index in [2.05, 4.69) is 41.4 Å². The summed E-state index contributed by atoms with van der Waals surface area (Å²) >= 11 is 1.66. The fourth-order valence-electron chi connectivity index (χ4n) is 1.27. The Labute approximate surface area is 131 Å². The van der Waals surface area contributed by atoms with Crippen LogP contribution in [0.25, 0.3) is 0 Å². The maximum atomic E-state index is 4.55. The number of guanidine groups is 1. The van der Waals surface area contributed by atoms with Crippen molar-refractivity contribution < 1.29 is 0 Å². The van der Waals surface area contributed by atoms with Crippen molar-refractivity contribution in [2.24, 2.45) is 10.9 Å². The predicted molar refractivity (Wildman–Crippen MR) is 89.9 cm³/mol. The summed E-state index contributed by atoms with van der Waals surface area (Å²) in [6, 6.07) is 0. The van der Waals surface area contributed by atoms with Crippen LogP contribution in [0.4, 0.5) is 0 Å². The molecule has 0 saturated heterocycles. The molecule has 1 rings (SSSR count). The quantitative estimate of drug-likeness (QED) is 0.468. The molecule has 4 nitrogen and oxygen atoms in total. The summed E-state index contributed by atoms with van der Waals surface area (Å²) in [5, 5.41) is 6.57. The van der Waals surface area contributed by atoms with E-state index in [0.717, 1.165) is 24.7 Å². The topological polar surface area (TPSA) is 49.3 Å². The van der Waals surface area contributed by atoms with Crippen LogP contribution < -0.4 is 10.6 Å². The van der Waals surface area contributed by atoms with Crippen LogP contribution in [0.15, 0.2) is 10.5 Å². The van der Waals surface area contributed by atoms with E-state index in [9.17, 15) is 0 Å². The van der Waals surface area contributed by atoms with Crippen molar-refractivity contribution in [3.05, 3.63) is 16.1 Å². The van der Waals surface area contributed by atoms with Crippen LogP contribution in [0.3, 0.4) is 0 Å². The molecule has 6 heteroatoms. The lowest BCUT2D eigenvalue weighted by Gasteiger charge is -2.12. The highest BCUT2D eigenvalue weighted by molar-refractivity contribution is 14.0. The van der Waals surface area contributed by atoms with Crippen LogP contribution in [-0.2, 0) is 6.54 Å². The van der Waals surface area contributed by atoms with Gasteiger partial charge in [-0.25, -0.2) is 9.98 Å². The van der Waals surface area contributed by atoms with Crippen LogP contribution >= 0.6 is 35.3 Å². The van der Waals surface area contributed by atoms with Gasteiger partial charge in [-0.3, -0.25) is 0 Å². The molecule has 0 saturated carbocycles. The molecule has 2 N–H and O–H groups in total. The molecule has 0 unspecified atom stereocenters. The second-order valence-corrected chi connectivity index (χ2v) is 5.27. The summed E-state index contributed by atoms with van der Waals surface area (Å²) in [7, 11) is 0. The molecule has 1 aromatic heterocycles. The first-order chi connectivity index (χ1) is 8.13. The monoisotopic (exact) mass is 382 g/mol. The molecule has 18 heavy (non-hydrogen) atoms. The first kappa shape index (κ1) is 17.6. The van der Waals surface area contributed by atoms with Gasteiger partial charge in [0.05, 0.1) is 17.7 Å². The van der Waals surface area contributed by atoms with E-state index in [-0.39, 0.29) is 24.0 Å². The number of aromatic nitrogens is 1. The molecule has 104 valence electrons. The largest absolute Gasteiger partial charge is 0.357 e. The number of hydrogen-bond donors (Lipinski definition) is 2. The first-order valence-electron chi connectivity index (χ1n) is 6.04. The van der Waals surface area contributed by atoms with E-state index in [0.29, 0.717) is 12.5 Å². The average Bonchev–Trinajstić information content (AvgIpc) is 2.68. The van der Waals surface area contributed by atoms with Crippen LogP contribution in [0.2, 0.25) is 0 Å². The van der Waals surface area contributed by atoms with Crippen molar-refractivity contribution in [3.8, 4) is 0 Å². The molecule has 0 aliphatic carbocycles. The van der Waals surface area contributed by atoms with Gasteiger partial charge in [-0.1, -0.05) is 13.8 Å². The number of nitrogens with one attached hydrogen (secondary N) is 2. The van der Waals surface area contributed by atoms with E-state index >= 15 is 0 Å². The molecule has 0 spiro atoms. The standard InChI is InChI=1S/C12H22N4S.HI/c1-5-13-12(14-6-9(2)3)15-7-11-10(4)16-8-17-11;/h8-9H,5-7H2,1-4H3,(H2,13,14,15);1H. The zero-order valence-corrected chi connectivity index (χ0v) is 14.6. The molecule has 0 aliphatic heterocycles. The number of hydrogen-bond acceptors (Lipinski definition) is 3. The molecule has 0 fully saturated rings. The number of rotatable bonds is 5. The molecular weight excluding hydrogens is 359 g/mol. The number of aryl methyl sites for hydroxylation is 1. The van der Waals surface area contributed by atoms with Gasteiger partial charge >= 0.3 is 0 Å². The molecular formula is C12H23IN4S. The molecule has 0 aromatic carbocycles. The van der Waals surface area contributed by atoms with Crippen LogP contribution in [0.1, 0.15) is 31.3 Å². The lowest BCUT2D eigenvalue weighted by atomic mass is 10.2. The smallest absolute Gasteiger partial charge is 0.191 e. The summed E-state index contributed by atoms with van der Waals surface area (Å²) in [4.78, 5) is 10.0. The summed E-state index contributed by atoms with van der Waals surface area (Å²) in [6.45, 7) is 11.0. The van der Waals surface area contributed by atoms with Gasteiger partial charge in [-0.05, 0) is 19.8 Å². The molecule has 1 heterocycles. The van der Waals surface area contributed by atoms with E-state index in [1.807, 2.05) is 12.4 Å². The fourth-order valence-corrected chi connectivity index (χ4v) is 1.97. The Morgan fingerprint density at radius 2 is 2.17 bits per heavy atom. The number of halogens is 1. The van der Waals surface area contributed by atoms with Crippen molar-refractivity contribution in [1.82, 2.24) is 15.6 Å². The van der Waals surface area contributed by atoms with E-state index in [1.165, 1.54) is 4.88 Å². The Morgan fingerprint density at radius 1 is 1.44 bits per heavy atom. The van der Waals surface area contributed by atoms with Crippen LogP contribution in [-0.4, -0.2) is 24.0 Å². The summed E-state index contributed by atoms with van der Waals surface area (Å²) in [5.74, 6) is 1.50. The molecule has 1 aromatic rings. The lowest BCUT2D eigenvalue weighted by Crippen LogP contribution is -2.39. The third-order valence-electron chi connectivity index (χ3n) is 2.25. The van der Waals surface area contributed by atoms with Crippen molar-refractivity contribution >= 4 is 41.3 Å². The number of thiazole rings is 1. The zero-order valence-electron chi connectivity index (χ0n) is 11.5. The van der Waals surface area contributed by atoms with Crippen molar-refractivity contribution in [2.75, 3.05) is 13.1 Å². The van der Waals surface area contributed by atoms with Gasteiger partial charge in [0.1, 0.15) is 0 Å². The van der Waals surface area contributed by atoms with Crippen molar-refractivity contribution in [2.45, 2.75) is 34.2 Å². The summed E-state index contributed by atoms with van der Waals surface area (Å²) in [5.41, 5.74) is 2.95. The number of aliphatic imine (C=N–C) groups is 1. The summed E-state index contributed by atoms with van der Waals surface area (Å²) < 4.78 is 0. The Bertz CT molecular complexity index is 363. The normalized spacial score (nSPS) is 11.3. The van der Waals surface area contributed by atoms with E-state index in [1.54, 1.807) is 11.3 Å². The maximum Gasteiger partial charge on any atom is 0.191 e. The van der Waals surface area contributed by atoms with Crippen LogP contribution in [0.5, 0.6) is 0 Å². The molecule has 0 amide bonds. The zero-order chi connectivity index (χ0) is 12.7. The second kappa shape index (κ2) is 9.55. The molecule has 0 aliphatic rings. The van der Waals surface area contributed by atoms with E-state index < -0.39 is 0 Å². The minimum Gasteiger partial charge on any atom is -0.357 e. The van der Waals surface area contributed by atoms with Crippen molar-refractivity contribution in [1.29, 1.82) is 0 Å². The first-order valence-corrected chi connectivity index (χ1v) is 6.92. The lowest BCUT2D eigenvalue weighted by molar-refractivity contribution is 0.615. The van der Waals surface area contributed by atoms with Gasteiger partial charge in [-0.2, -0.15) is 0 Å². The summed E-state index contributed by atoms with van der Waals surface area (Å²) in [6.07, 6.45) is 0. The highest BCUT2D eigenvalue weighted by Crippen LogP contribution is 2.12. The van der Waals surface area contributed by atoms with Gasteiger partial charge in [-0.15, -0.1) is 35.3 Å². The molecule has 0 radical (unpaired) electrons. The Kier molecular flexibility index (Phi) is 9.35. The third kappa shape index (κ3) is 6.53. The minimum atomic E-state index is 0. The Morgan fingerprint density at radius 3 is 2.67 bits per heavy atom. The van der Waals surface area contributed by atoms with Gasteiger partial charge in [0, 0.05) is 18.0 Å². The average molecular weight is 382 g/mol. The minimum absolute atomic E-state index is 0. The highest BCUT2D eigenvalue weighted by atomic mass is 127. The Hall–Kier alpha value is -0.370. The highest BCUT2D eigenvalue weighted by Gasteiger charge is 2.02. The molecule has 0 atom stereocenters. The van der Waals surface area contributed by atoms with Crippen molar-refractivity contribution in [3.63, 3.8) is 0 Å². The fraction of sp³-hybridized carbons (Fsp3) is 0.667. The second-order valence-electron chi connectivity index (χ2n) is 4.33. The van der Waals surface area contributed by atoms with Gasteiger partial charge in [0.25, 0.3) is 0 Å². The third-order valence-corrected chi connectivity index (χ3v) is 3.17. The van der Waals surface area contributed by atoms with Gasteiger partial charge in [0.2, 0.25) is 0 Å².